The van der Waals surface area contributed by atoms with E-state index in [0.29, 0.717) is 0 Å². The van der Waals surface area contributed by atoms with Crippen molar-refractivity contribution in [2.24, 2.45) is 0 Å². The molecule has 0 atom stereocenters. The summed E-state index contributed by atoms with van der Waals surface area (Å²) in [4.78, 5) is 40.7. The van der Waals surface area contributed by atoms with E-state index in [9.17, 15) is 14.4 Å². The number of aliphatic hydroxyl groups excluding tert-OH is 1. The third-order valence-corrected chi connectivity index (χ3v) is 3.20. The highest BCUT2D eigenvalue weighted by Gasteiger charge is 2.21. The van der Waals surface area contributed by atoms with Gasteiger partial charge >= 0.3 is 5.69 Å². The van der Waals surface area contributed by atoms with E-state index in [1.54, 1.807) is 4.90 Å². The molecule has 0 radical (unpaired) electrons. The van der Waals surface area contributed by atoms with Crippen molar-refractivity contribution < 1.29 is 9.90 Å². The molecule has 1 aromatic rings. The van der Waals surface area contributed by atoms with Gasteiger partial charge in [-0.25, -0.2) is 4.79 Å². The molecule has 7 heteroatoms. The summed E-state index contributed by atoms with van der Waals surface area (Å²) < 4.78 is 0. The van der Waals surface area contributed by atoms with Crippen LogP contribution in [0.1, 0.15) is 32.4 Å². The molecule has 20 heavy (non-hydrogen) atoms. The molecular weight excluding hydrogens is 262 g/mol. The predicted octanol–water partition coefficient (Wildman–Crippen LogP) is -0.385. The lowest BCUT2D eigenvalue weighted by Gasteiger charge is -2.30. The largest absolute Gasteiger partial charge is 0.395 e. The first kappa shape index (κ1) is 16.2. The monoisotopic (exact) mass is 283 g/mol. The Morgan fingerprint density at radius 3 is 2.45 bits per heavy atom. The SMILES string of the molecule is CCC(CC)N(CCO)C(=O)Cc1cc(=O)[nH]c(=O)[nH]1. The molecule has 0 saturated heterocycles. The summed E-state index contributed by atoms with van der Waals surface area (Å²) in [5.74, 6) is -0.214. The van der Waals surface area contributed by atoms with Gasteiger partial charge in [-0.15, -0.1) is 0 Å². The van der Waals surface area contributed by atoms with Crippen molar-refractivity contribution in [1.29, 1.82) is 0 Å². The van der Waals surface area contributed by atoms with E-state index in [-0.39, 0.29) is 37.2 Å². The number of aliphatic hydroxyl groups is 1. The van der Waals surface area contributed by atoms with Gasteiger partial charge in [0, 0.05) is 24.3 Å². The molecule has 0 spiro atoms. The van der Waals surface area contributed by atoms with Gasteiger partial charge in [-0.2, -0.15) is 0 Å². The molecule has 7 nitrogen and oxygen atoms in total. The lowest BCUT2D eigenvalue weighted by Crippen LogP contribution is -2.42. The maximum Gasteiger partial charge on any atom is 0.325 e. The van der Waals surface area contributed by atoms with Gasteiger partial charge in [0.15, 0.2) is 0 Å². The zero-order valence-electron chi connectivity index (χ0n) is 11.8. The van der Waals surface area contributed by atoms with Gasteiger partial charge in [0.2, 0.25) is 5.91 Å². The van der Waals surface area contributed by atoms with E-state index in [4.69, 9.17) is 5.11 Å². The summed E-state index contributed by atoms with van der Waals surface area (Å²) in [6.07, 6.45) is 1.51. The van der Waals surface area contributed by atoms with Crippen molar-refractivity contribution in [1.82, 2.24) is 14.9 Å². The van der Waals surface area contributed by atoms with Gasteiger partial charge in [0.05, 0.1) is 13.0 Å². The van der Waals surface area contributed by atoms with Gasteiger partial charge in [0.25, 0.3) is 5.56 Å². The van der Waals surface area contributed by atoms with Crippen LogP contribution in [0.5, 0.6) is 0 Å². The summed E-state index contributed by atoms with van der Waals surface area (Å²) in [6.45, 7) is 4.08. The first-order chi connectivity index (χ1) is 9.51. The van der Waals surface area contributed by atoms with Crippen LogP contribution in [-0.2, 0) is 11.2 Å². The fraction of sp³-hybridized carbons (Fsp3) is 0.615. The smallest absolute Gasteiger partial charge is 0.325 e. The third kappa shape index (κ3) is 4.34. The first-order valence-electron chi connectivity index (χ1n) is 6.74. The van der Waals surface area contributed by atoms with Gasteiger partial charge in [-0.05, 0) is 12.8 Å². The molecule has 1 amide bonds. The van der Waals surface area contributed by atoms with Crippen molar-refractivity contribution in [3.8, 4) is 0 Å². The third-order valence-electron chi connectivity index (χ3n) is 3.20. The fourth-order valence-electron chi connectivity index (χ4n) is 2.23. The average molecular weight is 283 g/mol. The lowest BCUT2D eigenvalue weighted by atomic mass is 10.1. The van der Waals surface area contributed by atoms with Crippen LogP contribution in [0.4, 0.5) is 0 Å². The number of nitrogens with zero attached hydrogens (tertiary/aromatic N) is 1. The molecule has 1 aromatic heterocycles. The highest BCUT2D eigenvalue weighted by molar-refractivity contribution is 5.78. The van der Waals surface area contributed by atoms with E-state index in [1.165, 1.54) is 6.07 Å². The second-order valence-electron chi connectivity index (χ2n) is 4.57. The van der Waals surface area contributed by atoms with Crippen LogP contribution in [0, 0.1) is 0 Å². The Morgan fingerprint density at radius 1 is 1.30 bits per heavy atom. The second-order valence-corrected chi connectivity index (χ2v) is 4.57. The number of hydrogen-bond donors (Lipinski definition) is 3. The van der Waals surface area contributed by atoms with Gasteiger partial charge in [-0.1, -0.05) is 13.8 Å². The minimum atomic E-state index is -0.628. The number of carbonyl (C=O) groups is 1. The average Bonchev–Trinajstić information content (AvgIpc) is 2.37. The molecule has 0 aromatic carbocycles. The predicted molar refractivity (Wildman–Crippen MR) is 74.6 cm³/mol. The summed E-state index contributed by atoms with van der Waals surface area (Å²) in [5, 5.41) is 9.07. The minimum absolute atomic E-state index is 0.0448. The standard InChI is InChI=1S/C13H21N3O4/c1-3-10(4-2)16(5-6-17)12(19)8-9-7-11(18)15-13(20)14-9/h7,10,17H,3-6,8H2,1-2H3,(H2,14,15,18,20). The Kier molecular flexibility index (Phi) is 6.17. The molecule has 0 aliphatic heterocycles. The topological polar surface area (TPSA) is 106 Å². The quantitative estimate of drug-likeness (QED) is 0.634. The highest BCUT2D eigenvalue weighted by atomic mass is 16.3. The highest BCUT2D eigenvalue weighted by Crippen LogP contribution is 2.10. The van der Waals surface area contributed by atoms with Crippen molar-refractivity contribution in [2.75, 3.05) is 13.2 Å². The van der Waals surface area contributed by atoms with Gasteiger partial charge in [-0.3, -0.25) is 14.6 Å². The molecule has 0 aliphatic rings. The maximum absolute atomic E-state index is 12.3. The van der Waals surface area contributed by atoms with Crippen LogP contribution >= 0.6 is 0 Å². The summed E-state index contributed by atoms with van der Waals surface area (Å²) in [7, 11) is 0. The molecule has 0 saturated carbocycles. The number of aromatic amines is 2. The van der Waals surface area contributed by atoms with Crippen LogP contribution in [0.3, 0.4) is 0 Å². The van der Waals surface area contributed by atoms with Crippen LogP contribution in [0.25, 0.3) is 0 Å². The van der Waals surface area contributed by atoms with Gasteiger partial charge < -0.3 is 15.0 Å². The van der Waals surface area contributed by atoms with E-state index in [2.05, 4.69) is 9.97 Å². The number of rotatable bonds is 7. The fourth-order valence-corrected chi connectivity index (χ4v) is 2.23. The van der Waals surface area contributed by atoms with Crippen molar-refractivity contribution >= 4 is 5.91 Å². The van der Waals surface area contributed by atoms with Gasteiger partial charge in [0.1, 0.15) is 0 Å². The molecule has 0 fully saturated rings. The second kappa shape index (κ2) is 7.64. The molecule has 3 N–H and O–H groups in total. The molecule has 1 rings (SSSR count). The molecule has 0 unspecified atom stereocenters. The zero-order chi connectivity index (χ0) is 15.1. The maximum atomic E-state index is 12.3. The van der Waals surface area contributed by atoms with E-state index in [0.717, 1.165) is 12.8 Å². The number of carbonyl (C=O) groups excluding carboxylic acids is 1. The summed E-state index contributed by atoms with van der Waals surface area (Å²) in [6, 6.07) is 1.24. The minimum Gasteiger partial charge on any atom is -0.395 e. The zero-order valence-corrected chi connectivity index (χ0v) is 11.8. The lowest BCUT2D eigenvalue weighted by molar-refractivity contribution is -0.133. The molecule has 0 aliphatic carbocycles. The molecular formula is C13H21N3O4. The van der Waals surface area contributed by atoms with Crippen LogP contribution in [0.15, 0.2) is 15.7 Å². The number of H-pyrrole nitrogens is 2. The van der Waals surface area contributed by atoms with Crippen molar-refractivity contribution in [2.45, 2.75) is 39.2 Å². The van der Waals surface area contributed by atoms with Crippen molar-refractivity contribution in [3.63, 3.8) is 0 Å². The van der Waals surface area contributed by atoms with Crippen LogP contribution in [0.2, 0.25) is 0 Å². The van der Waals surface area contributed by atoms with E-state index in [1.807, 2.05) is 13.8 Å². The Balaban J connectivity index is 2.90. The molecule has 0 bridgehead atoms. The molecule has 1 heterocycles. The Bertz CT molecular complexity index is 517. The summed E-state index contributed by atoms with van der Waals surface area (Å²) >= 11 is 0. The Labute approximate surface area is 116 Å². The number of aromatic nitrogens is 2. The number of nitrogens with one attached hydrogen (secondary N) is 2. The van der Waals surface area contributed by atoms with E-state index >= 15 is 0 Å². The first-order valence-corrected chi connectivity index (χ1v) is 6.74. The Morgan fingerprint density at radius 2 is 1.95 bits per heavy atom. The van der Waals surface area contributed by atoms with Crippen molar-refractivity contribution in [3.05, 3.63) is 32.6 Å². The normalized spacial score (nSPS) is 10.8. The summed E-state index contributed by atoms with van der Waals surface area (Å²) in [5.41, 5.74) is -0.887. The number of amides is 1. The van der Waals surface area contributed by atoms with Crippen LogP contribution in [-0.4, -0.2) is 45.1 Å². The van der Waals surface area contributed by atoms with Crippen LogP contribution < -0.4 is 11.2 Å². The Hall–Kier alpha value is -1.89. The van der Waals surface area contributed by atoms with E-state index < -0.39 is 11.2 Å². The molecule has 112 valence electrons. The number of hydrogen-bond acceptors (Lipinski definition) is 4.